The second kappa shape index (κ2) is 6.66. The summed E-state index contributed by atoms with van der Waals surface area (Å²) in [5.74, 6) is 0.455. The van der Waals surface area contributed by atoms with Crippen LogP contribution in [0.4, 0.5) is 0 Å². The molecule has 20 heavy (non-hydrogen) atoms. The summed E-state index contributed by atoms with van der Waals surface area (Å²) in [6.45, 7) is 9.61. The summed E-state index contributed by atoms with van der Waals surface area (Å²) >= 11 is 6.02. The maximum Gasteiger partial charge on any atom is 0.176 e. The van der Waals surface area contributed by atoms with Gasteiger partial charge in [0.2, 0.25) is 0 Å². The molecule has 0 aliphatic carbocycles. The van der Waals surface area contributed by atoms with E-state index < -0.39 is 0 Å². The van der Waals surface area contributed by atoms with Crippen molar-refractivity contribution in [2.75, 3.05) is 33.3 Å². The molecule has 0 aromatic heterocycles. The van der Waals surface area contributed by atoms with E-state index in [1.165, 1.54) is 7.11 Å². The number of hydrogen-bond donors (Lipinski definition) is 1. The molecule has 1 fully saturated rings. The molecule has 0 unspecified atom stereocenters. The number of rotatable bonds is 4. The van der Waals surface area contributed by atoms with Crippen LogP contribution in [0.3, 0.4) is 0 Å². The number of phenols is 1. The van der Waals surface area contributed by atoms with Gasteiger partial charge in [-0.2, -0.15) is 0 Å². The van der Waals surface area contributed by atoms with Crippen LogP contribution in [0.5, 0.6) is 11.5 Å². The molecule has 0 bridgehead atoms. The van der Waals surface area contributed by atoms with Crippen LogP contribution in [0.15, 0.2) is 12.1 Å². The number of aromatic hydroxyl groups is 1. The van der Waals surface area contributed by atoms with Gasteiger partial charge in [-0.15, -0.1) is 0 Å². The highest BCUT2D eigenvalue weighted by atomic mass is 35.5. The van der Waals surface area contributed by atoms with E-state index in [4.69, 9.17) is 16.3 Å². The van der Waals surface area contributed by atoms with Gasteiger partial charge < -0.3 is 9.84 Å². The lowest BCUT2D eigenvalue weighted by molar-refractivity contribution is 0.104. The fourth-order valence-electron chi connectivity index (χ4n) is 2.57. The maximum absolute atomic E-state index is 9.75. The molecule has 1 aromatic carbocycles. The first-order valence-corrected chi connectivity index (χ1v) is 7.41. The minimum atomic E-state index is 0.0162. The number of hydrogen-bond acceptors (Lipinski definition) is 4. The number of piperazine rings is 1. The highest BCUT2D eigenvalue weighted by molar-refractivity contribution is 6.32. The van der Waals surface area contributed by atoms with Crippen LogP contribution in [0.25, 0.3) is 0 Å². The Morgan fingerprint density at radius 2 is 1.90 bits per heavy atom. The molecule has 112 valence electrons. The smallest absolute Gasteiger partial charge is 0.176 e. The zero-order valence-electron chi connectivity index (χ0n) is 12.4. The first kappa shape index (κ1) is 15.4. The first-order chi connectivity index (χ1) is 9.51. The van der Waals surface area contributed by atoms with Gasteiger partial charge in [-0.3, -0.25) is 9.80 Å². The highest BCUT2D eigenvalue weighted by Gasteiger charge is 2.19. The molecular formula is C15H23ClN2O2. The summed E-state index contributed by atoms with van der Waals surface area (Å²) in [5, 5.41) is 10.1. The van der Waals surface area contributed by atoms with Crippen molar-refractivity contribution in [2.45, 2.75) is 26.4 Å². The Morgan fingerprint density at radius 3 is 2.45 bits per heavy atom. The summed E-state index contributed by atoms with van der Waals surface area (Å²) in [4.78, 5) is 4.89. The summed E-state index contributed by atoms with van der Waals surface area (Å²) in [6, 6.07) is 4.28. The first-order valence-electron chi connectivity index (χ1n) is 7.03. The van der Waals surface area contributed by atoms with Crippen molar-refractivity contribution in [1.82, 2.24) is 9.80 Å². The van der Waals surface area contributed by atoms with Crippen molar-refractivity contribution < 1.29 is 9.84 Å². The predicted octanol–water partition coefficient (Wildman–Crippen LogP) is 2.58. The average Bonchev–Trinajstić information content (AvgIpc) is 2.43. The normalized spacial score (nSPS) is 17.6. The molecule has 0 amide bonds. The van der Waals surface area contributed by atoms with Gasteiger partial charge in [-0.25, -0.2) is 0 Å². The van der Waals surface area contributed by atoms with Crippen LogP contribution in [0.2, 0.25) is 5.02 Å². The molecule has 1 heterocycles. The molecule has 1 aliphatic heterocycles. The van der Waals surface area contributed by atoms with Crippen LogP contribution in [-0.2, 0) is 6.54 Å². The van der Waals surface area contributed by atoms with E-state index in [1.807, 2.05) is 12.1 Å². The van der Waals surface area contributed by atoms with Crippen molar-refractivity contribution in [1.29, 1.82) is 0 Å². The van der Waals surface area contributed by atoms with Gasteiger partial charge in [0, 0.05) is 38.8 Å². The fraction of sp³-hybridized carbons (Fsp3) is 0.600. The molecule has 0 saturated carbocycles. The van der Waals surface area contributed by atoms with E-state index >= 15 is 0 Å². The number of ether oxygens (including phenoxy) is 1. The van der Waals surface area contributed by atoms with Gasteiger partial charge in [0.15, 0.2) is 11.5 Å². The molecule has 1 N–H and O–H groups in total. The van der Waals surface area contributed by atoms with E-state index in [1.54, 1.807) is 0 Å². The van der Waals surface area contributed by atoms with Crippen molar-refractivity contribution >= 4 is 11.6 Å². The Hall–Kier alpha value is -0.970. The summed E-state index contributed by atoms with van der Waals surface area (Å²) in [5.41, 5.74) is 1.07. The lowest BCUT2D eigenvalue weighted by atomic mass is 10.1. The zero-order chi connectivity index (χ0) is 14.7. The van der Waals surface area contributed by atoms with Crippen LogP contribution in [-0.4, -0.2) is 54.2 Å². The van der Waals surface area contributed by atoms with Gasteiger partial charge in [0.05, 0.1) is 12.1 Å². The molecular weight excluding hydrogens is 276 g/mol. The molecule has 5 heteroatoms. The Balaban J connectivity index is 1.99. The molecule has 0 spiro atoms. The second-order valence-electron chi connectivity index (χ2n) is 5.53. The standard InChI is InChI=1S/C15H23ClN2O2/c1-11(2)18-6-4-17(5-7-18)10-12-8-13(16)15(19)14(9-12)20-3/h8-9,11,19H,4-7,10H2,1-3H3. The van der Waals surface area contributed by atoms with Gasteiger partial charge >= 0.3 is 0 Å². The van der Waals surface area contributed by atoms with E-state index in [2.05, 4.69) is 23.6 Å². The third kappa shape index (κ3) is 3.57. The maximum atomic E-state index is 9.75. The molecule has 0 atom stereocenters. The number of halogens is 1. The molecule has 4 nitrogen and oxygen atoms in total. The Kier molecular flexibility index (Phi) is 5.13. The van der Waals surface area contributed by atoms with Gasteiger partial charge in [0.25, 0.3) is 0 Å². The third-order valence-electron chi connectivity index (χ3n) is 3.85. The lowest BCUT2D eigenvalue weighted by Gasteiger charge is -2.37. The van der Waals surface area contributed by atoms with E-state index in [0.717, 1.165) is 38.3 Å². The van der Waals surface area contributed by atoms with Gasteiger partial charge in [-0.1, -0.05) is 11.6 Å². The molecule has 1 saturated heterocycles. The SMILES string of the molecule is COc1cc(CN2CCN(C(C)C)CC2)cc(Cl)c1O. The quantitative estimate of drug-likeness (QED) is 0.927. The largest absolute Gasteiger partial charge is 0.503 e. The van der Waals surface area contributed by atoms with E-state index in [9.17, 15) is 5.11 Å². The zero-order valence-corrected chi connectivity index (χ0v) is 13.2. The van der Waals surface area contributed by atoms with Crippen LogP contribution < -0.4 is 4.74 Å². The average molecular weight is 299 g/mol. The minimum Gasteiger partial charge on any atom is -0.503 e. The monoisotopic (exact) mass is 298 g/mol. The molecule has 2 rings (SSSR count). The number of phenolic OH excluding ortho intramolecular Hbond substituents is 1. The summed E-state index contributed by atoms with van der Waals surface area (Å²) in [7, 11) is 1.54. The minimum absolute atomic E-state index is 0.0162. The number of nitrogens with zero attached hydrogens (tertiary/aromatic N) is 2. The number of methoxy groups -OCH3 is 1. The van der Waals surface area contributed by atoms with Gasteiger partial charge in [-0.05, 0) is 31.5 Å². The van der Waals surface area contributed by atoms with Crippen molar-refractivity contribution in [3.05, 3.63) is 22.7 Å². The van der Waals surface area contributed by atoms with E-state index in [-0.39, 0.29) is 5.75 Å². The molecule has 0 radical (unpaired) electrons. The Bertz CT molecular complexity index is 457. The second-order valence-corrected chi connectivity index (χ2v) is 5.94. The Labute approximate surface area is 125 Å². The van der Waals surface area contributed by atoms with Crippen LogP contribution in [0.1, 0.15) is 19.4 Å². The fourth-order valence-corrected chi connectivity index (χ4v) is 2.80. The van der Waals surface area contributed by atoms with Crippen molar-refractivity contribution in [2.24, 2.45) is 0 Å². The van der Waals surface area contributed by atoms with E-state index in [0.29, 0.717) is 16.8 Å². The third-order valence-corrected chi connectivity index (χ3v) is 4.14. The topological polar surface area (TPSA) is 35.9 Å². The van der Waals surface area contributed by atoms with Crippen molar-refractivity contribution in [3.8, 4) is 11.5 Å². The van der Waals surface area contributed by atoms with Crippen molar-refractivity contribution in [3.63, 3.8) is 0 Å². The Morgan fingerprint density at radius 1 is 1.25 bits per heavy atom. The highest BCUT2D eigenvalue weighted by Crippen LogP contribution is 2.35. The number of benzene rings is 1. The van der Waals surface area contributed by atoms with Crippen LogP contribution >= 0.6 is 11.6 Å². The van der Waals surface area contributed by atoms with Crippen LogP contribution in [0, 0.1) is 0 Å². The summed E-state index contributed by atoms with van der Waals surface area (Å²) < 4.78 is 5.14. The summed E-state index contributed by atoms with van der Waals surface area (Å²) in [6.07, 6.45) is 0. The predicted molar refractivity (Wildman–Crippen MR) is 81.7 cm³/mol. The van der Waals surface area contributed by atoms with Gasteiger partial charge in [0.1, 0.15) is 0 Å². The molecule has 1 aliphatic rings. The lowest BCUT2D eigenvalue weighted by Crippen LogP contribution is -2.48. The molecule has 1 aromatic rings.